The minimum Gasteiger partial charge on any atom is -0.465 e. The van der Waals surface area contributed by atoms with Gasteiger partial charge >= 0.3 is 6.09 Å². The van der Waals surface area contributed by atoms with E-state index in [1.54, 1.807) is 6.20 Å². The van der Waals surface area contributed by atoms with E-state index in [-0.39, 0.29) is 0 Å². The average molecular weight is 360 g/mol. The Labute approximate surface area is 156 Å². The maximum Gasteiger partial charge on any atom is 0.411 e. The van der Waals surface area contributed by atoms with Crippen molar-refractivity contribution in [1.82, 2.24) is 14.4 Å². The molecule has 0 saturated carbocycles. The van der Waals surface area contributed by atoms with Crippen LogP contribution in [0.25, 0.3) is 28.1 Å². The Bertz CT molecular complexity index is 1100. The summed E-state index contributed by atoms with van der Waals surface area (Å²) in [5.74, 6) is 0.646. The van der Waals surface area contributed by atoms with E-state index >= 15 is 0 Å². The molecular weight excluding hydrogens is 340 g/mol. The normalized spacial score (nSPS) is 11.1. The van der Waals surface area contributed by atoms with Crippen LogP contribution in [0.4, 0.5) is 10.5 Å². The molecule has 0 saturated heterocycles. The van der Waals surface area contributed by atoms with Gasteiger partial charge in [0.15, 0.2) is 0 Å². The van der Waals surface area contributed by atoms with Crippen molar-refractivity contribution < 1.29 is 9.90 Å². The summed E-state index contributed by atoms with van der Waals surface area (Å²) in [6.45, 7) is 2.55. The van der Waals surface area contributed by atoms with E-state index in [1.165, 1.54) is 4.90 Å². The number of amides is 1. The number of hydrogen-bond donors (Lipinski definition) is 1. The highest BCUT2D eigenvalue weighted by molar-refractivity contribution is 5.87. The van der Waals surface area contributed by atoms with Gasteiger partial charge in [-0.15, -0.1) is 0 Å². The summed E-state index contributed by atoms with van der Waals surface area (Å²) in [5, 5.41) is 9.48. The highest BCUT2D eigenvalue weighted by Crippen LogP contribution is 2.27. The molecule has 0 spiro atoms. The largest absolute Gasteiger partial charge is 0.465 e. The topological polar surface area (TPSA) is 70.7 Å². The molecule has 6 nitrogen and oxygen atoms in total. The van der Waals surface area contributed by atoms with Crippen LogP contribution in [0.5, 0.6) is 0 Å². The number of aromatic nitrogens is 3. The van der Waals surface area contributed by atoms with E-state index in [0.717, 1.165) is 35.1 Å². The number of rotatable bonds is 5. The molecule has 0 aliphatic carbocycles. The number of benzene rings is 2. The quantitative estimate of drug-likeness (QED) is 0.553. The Morgan fingerprint density at radius 1 is 1.11 bits per heavy atom. The summed E-state index contributed by atoms with van der Waals surface area (Å²) in [4.78, 5) is 21.9. The minimum absolute atomic E-state index is 0.497. The van der Waals surface area contributed by atoms with E-state index in [0.29, 0.717) is 18.0 Å². The van der Waals surface area contributed by atoms with Crippen molar-refractivity contribution in [2.24, 2.45) is 0 Å². The lowest BCUT2D eigenvalue weighted by atomic mass is 10.1. The number of fused-ring (bicyclic) bond motifs is 3. The smallest absolute Gasteiger partial charge is 0.411 e. The van der Waals surface area contributed by atoms with Gasteiger partial charge < -0.3 is 5.11 Å². The third-order valence-electron chi connectivity index (χ3n) is 4.65. The molecule has 0 aliphatic rings. The van der Waals surface area contributed by atoms with Gasteiger partial charge in [0, 0.05) is 18.4 Å². The second-order valence-electron chi connectivity index (χ2n) is 6.40. The van der Waals surface area contributed by atoms with Crippen LogP contribution in [0.3, 0.4) is 0 Å². The molecule has 2 aromatic carbocycles. The predicted molar refractivity (Wildman–Crippen MR) is 106 cm³/mol. The summed E-state index contributed by atoms with van der Waals surface area (Å²) in [7, 11) is 0. The molecule has 0 unspecified atom stereocenters. The fourth-order valence-electron chi connectivity index (χ4n) is 3.28. The van der Waals surface area contributed by atoms with Gasteiger partial charge in [0.05, 0.1) is 16.7 Å². The lowest BCUT2D eigenvalue weighted by Gasteiger charge is -2.19. The van der Waals surface area contributed by atoms with Crippen LogP contribution in [0.2, 0.25) is 0 Å². The average Bonchev–Trinajstić information content (AvgIpc) is 3.07. The van der Waals surface area contributed by atoms with Crippen molar-refractivity contribution in [2.45, 2.75) is 19.8 Å². The fraction of sp³-hybridized carbons (Fsp3) is 0.190. The first-order valence-electron chi connectivity index (χ1n) is 9.02. The zero-order chi connectivity index (χ0) is 18.8. The predicted octanol–water partition coefficient (Wildman–Crippen LogP) is 4.83. The molecule has 0 atom stereocenters. The summed E-state index contributed by atoms with van der Waals surface area (Å²) >= 11 is 0. The molecule has 4 aromatic rings. The molecule has 0 radical (unpaired) electrons. The molecule has 2 aromatic heterocycles. The summed E-state index contributed by atoms with van der Waals surface area (Å²) < 4.78 is 2.02. The van der Waals surface area contributed by atoms with E-state index in [1.807, 2.05) is 65.9 Å². The van der Waals surface area contributed by atoms with Crippen LogP contribution in [0, 0.1) is 0 Å². The van der Waals surface area contributed by atoms with Crippen LogP contribution in [-0.4, -0.2) is 32.1 Å². The Morgan fingerprint density at radius 2 is 1.89 bits per heavy atom. The number of hydrogen-bond acceptors (Lipinski definition) is 3. The van der Waals surface area contributed by atoms with Crippen molar-refractivity contribution in [3.05, 3.63) is 60.8 Å². The van der Waals surface area contributed by atoms with Crippen LogP contribution in [-0.2, 0) is 0 Å². The molecule has 1 amide bonds. The SMILES string of the molecule is CCCCN(C(=O)O)c1ccc(-c2ccnc3nc4ccccc4n23)cc1. The zero-order valence-electron chi connectivity index (χ0n) is 15.0. The van der Waals surface area contributed by atoms with Gasteiger partial charge in [0.25, 0.3) is 0 Å². The Hall–Kier alpha value is -3.41. The molecule has 0 fully saturated rings. The van der Waals surface area contributed by atoms with Crippen LogP contribution >= 0.6 is 0 Å². The maximum absolute atomic E-state index is 11.6. The number of carbonyl (C=O) groups is 1. The maximum atomic E-state index is 11.6. The summed E-state index contributed by atoms with van der Waals surface area (Å²) in [6, 6.07) is 17.5. The zero-order valence-corrected chi connectivity index (χ0v) is 15.0. The van der Waals surface area contributed by atoms with Crippen LogP contribution in [0.1, 0.15) is 19.8 Å². The fourth-order valence-corrected chi connectivity index (χ4v) is 3.28. The van der Waals surface area contributed by atoms with E-state index < -0.39 is 6.09 Å². The summed E-state index contributed by atoms with van der Waals surface area (Å²) in [5.41, 5.74) is 4.52. The standard InChI is InChI=1S/C21H20N4O2/c1-2-3-14-24(21(26)27)16-10-8-15(9-11-16)18-12-13-22-20-23-17-6-4-5-7-19(17)25(18)20/h4-13H,2-3,14H2,1H3,(H,26,27). The highest BCUT2D eigenvalue weighted by Gasteiger charge is 2.15. The monoisotopic (exact) mass is 360 g/mol. The molecule has 2 heterocycles. The van der Waals surface area contributed by atoms with Crippen LogP contribution < -0.4 is 4.90 Å². The number of carboxylic acid groups (broad SMARTS) is 1. The molecule has 27 heavy (non-hydrogen) atoms. The van der Waals surface area contributed by atoms with E-state index in [4.69, 9.17) is 0 Å². The number of imidazole rings is 1. The molecule has 0 bridgehead atoms. The van der Waals surface area contributed by atoms with Gasteiger partial charge in [-0.3, -0.25) is 9.30 Å². The Kier molecular flexibility index (Phi) is 4.46. The van der Waals surface area contributed by atoms with Crippen LogP contribution in [0.15, 0.2) is 60.8 Å². The molecule has 1 N–H and O–H groups in total. The molecule has 6 heteroatoms. The second-order valence-corrected chi connectivity index (χ2v) is 6.40. The van der Waals surface area contributed by atoms with Crippen molar-refractivity contribution >= 4 is 28.6 Å². The van der Waals surface area contributed by atoms with E-state index in [9.17, 15) is 9.90 Å². The lowest BCUT2D eigenvalue weighted by molar-refractivity contribution is 0.201. The first-order valence-corrected chi connectivity index (χ1v) is 9.02. The second kappa shape index (κ2) is 7.07. The molecule has 136 valence electrons. The number of unbranched alkanes of at least 4 members (excludes halogenated alkanes) is 1. The van der Waals surface area contributed by atoms with E-state index in [2.05, 4.69) is 9.97 Å². The first kappa shape index (κ1) is 17.0. The van der Waals surface area contributed by atoms with Crippen molar-refractivity contribution in [3.8, 4) is 11.3 Å². The van der Waals surface area contributed by atoms with Gasteiger partial charge in [0.2, 0.25) is 5.78 Å². The number of para-hydroxylation sites is 2. The number of nitrogens with zero attached hydrogens (tertiary/aromatic N) is 4. The first-order chi connectivity index (χ1) is 13.2. The Morgan fingerprint density at radius 3 is 2.63 bits per heavy atom. The van der Waals surface area contributed by atoms with Gasteiger partial charge in [-0.05, 0) is 42.3 Å². The van der Waals surface area contributed by atoms with Crippen molar-refractivity contribution in [1.29, 1.82) is 0 Å². The van der Waals surface area contributed by atoms with Gasteiger partial charge in [0.1, 0.15) is 0 Å². The molecule has 4 rings (SSSR count). The van der Waals surface area contributed by atoms with Gasteiger partial charge in [-0.25, -0.2) is 14.8 Å². The summed E-state index contributed by atoms with van der Waals surface area (Å²) in [6.07, 6.45) is 2.60. The third-order valence-corrected chi connectivity index (χ3v) is 4.65. The van der Waals surface area contributed by atoms with Crippen molar-refractivity contribution in [3.63, 3.8) is 0 Å². The minimum atomic E-state index is -0.928. The number of anilines is 1. The Balaban J connectivity index is 1.77. The van der Waals surface area contributed by atoms with Crippen molar-refractivity contribution in [2.75, 3.05) is 11.4 Å². The lowest BCUT2D eigenvalue weighted by Crippen LogP contribution is -2.30. The third kappa shape index (κ3) is 3.10. The highest BCUT2D eigenvalue weighted by atomic mass is 16.4. The molecule has 0 aliphatic heterocycles. The van der Waals surface area contributed by atoms with Gasteiger partial charge in [-0.1, -0.05) is 37.6 Å². The van der Waals surface area contributed by atoms with Gasteiger partial charge in [-0.2, -0.15) is 0 Å². The molecular formula is C21H20N4O2.